The highest BCUT2D eigenvalue weighted by molar-refractivity contribution is 5.94. The van der Waals surface area contributed by atoms with Gasteiger partial charge >= 0.3 is 17.9 Å². The van der Waals surface area contributed by atoms with Crippen LogP contribution in [0.4, 0.5) is 0 Å². The number of rotatable bonds is 9. The van der Waals surface area contributed by atoms with Gasteiger partial charge in [-0.15, -0.1) is 0 Å². The highest BCUT2D eigenvalue weighted by atomic mass is 16.6. The van der Waals surface area contributed by atoms with Gasteiger partial charge in [0, 0.05) is 31.1 Å². The summed E-state index contributed by atoms with van der Waals surface area (Å²) in [5, 5.41) is 51.9. The van der Waals surface area contributed by atoms with Gasteiger partial charge in [0.05, 0.1) is 35.6 Å². The Morgan fingerprint density at radius 2 is 1.58 bits per heavy atom. The fourth-order valence-corrected chi connectivity index (χ4v) is 10.1. The zero-order valence-corrected chi connectivity index (χ0v) is 32.7. The number of aliphatic hydroxyl groups excluding tert-OH is 3. The molecule has 1 heterocycles. The van der Waals surface area contributed by atoms with Crippen LogP contribution in [0.5, 0.6) is 0 Å². The summed E-state index contributed by atoms with van der Waals surface area (Å²) in [5.41, 5.74) is -6.94. The molecular formula is C43H51NO13. The average Bonchev–Trinajstić information content (AvgIpc) is 3.14. The molecule has 5 N–H and O–H groups in total. The predicted octanol–water partition coefficient (Wildman–Crippen LogP) is 2.65. The summed E-state index contributed by atoms with van der Waals surface area (Å²) in [6.07, 6.45) is -8.02. The van der Waals surface area contributed by atoms with Crippen molar-refractivity contribution in [1.82, 2.24) is 5.32 Å². The molecule has 4 aliphatic carbocycles. The van der Waals surface area contributed by atoms with E-state index in [4.69, 9.17) is 18.9 Å². The molecule has 306 valence electrons. The normalized spacial score (nSPS) is 35.4. The zero-order valence-electron chi connectivity index (χ0n) is 32.7. The lowest BCUT2D eigenvalue weighted by Gasteiger charge is -2.67. The maximum Gasteiger partial charge on any atom is 0.338 e. The Labute approximate surface area is 330 Å². The first-order valence-electron chi connectivity index (χ1n) is 19.5. The fourth-order valence-electron chi connectivity index (χ4n) is 10.1. The maximum absolute atomic E-state index is 14.9. The number of Topliss-reactive ketones (excluding diaryl/α,β-unsaturated/α-hetero) is 1. The number of ketones is 1. The highest BCUT2D eigenvalue weighted by Crippen LogP contribution is 2.64. The molecule has 11 atom stereocenters. The van der Waals surface area contributed by atoms with Crippen molar-refractivity contribution in [3.05, 3.63) is 82.9 Å². The van der Waals surface area contributed by atoms with Crippen molar-refractivity contribution in [2.45, 2.75) is 121 Å². The second kappa shape index (κ2) is 14.7. The second-order valence-corrected chi connectivity index (χ2v) is 17.1. The van der Waals surface area contributed by atoms with Gasteiger partial charge in [0.2, 0.25) is 5.91 Å². The van der Waals surface area contributed by atoms with Gasteiger partial charge in [-0.05, 0) is 55.5 Å². The number of carbonyl (C=O) groups is 5. The van der Waals surface area contributed by atoms with Crippen LogP contribution in [0.25, 0.3) is 0 Å². The molecule has 1 unspecified atom stereocenters. The Hall–Kier alpha value is -4.47. The van der Waals surface area contributed by atoms with E-state index in [-0.39, 0.29) is 41.6 Å². The van der Waals surface area contributed by atoms with Gasteiger partial charge in [0.25, 0.3) is 0 Å². The third-order valence-corrected chi connectivity index (χ3v) is 13.7. The Morgan fingerprint density at radius 3 is 2.14 bits per heavy atom. The van der Waals surface area contributed by atoms with E-state index in [1.165, 1.54) is 32.9 Å². The molecule has 14 heteroatoms. The Balaban J connectivity index is 1.35. The molecule has 4 fully saturated rings. The number of ether oxygens (including phenoxy) is 4. The van der Waals surface area contributed by atoms with E-state index in [2.05, 4.69) is 5.32 Å². The molecule has 1 saturated heterocycles. The maximum atomic E-state index is 14.9. The van der Waals surface area contributed by atoms with E-state index < -0.39 is 101 Å². The molecule has 0 radical (unpaired) electrons. The van der Waals surface area contributed by atoms with Crippen LogP contribution in [0, 0.1) is 22.7 Å². The standard InChI is InChI=1S/C43H51NO13/c1-22-27(55-39(52)33(48)31(24-13-8-6-9-14-24)44-37(50)25-17-12-18-25)20-43(53)36(56-38(51)26-15-10-7-11-16-26)34-41(5,35(49)32(47)30(22)40(43,3)4)28(46)19-29-42(34,21-54-29)57-23(2)45/h6-11,13-16,25,27-29,31-34,36,46-48,53H,12,17-21H2,1-5H3,(H,44,50)/t27-,28-,29+,31?,32+,33+,34-,36-,41+,42-,43+/m0/s1. The smallest absolute Gasteiger partial charge is 0.338 e. The molecule has 0 spiro atoms. The van der Waals surface area contributed by atoms with Crippen molar-refractivity contribution in [1.29, 1.82) is 0 Å². The molecule has 2 bridgehead atoms. The molecule has 2 aromatic carbocycles. The summed E-state index contributed by atoms with van der Waals surface area (Å²) in [7, 11) is 0. The number of nitrogens with one attached hydrogen (secondary N) is 1. The molecule has 7 rings (SSSR count). The SMILES string of the molecule is CC(=O)O[C@@]12CO[C@@H]1C[C@H](O)[C@@]1(C)C(=O)[C@H](O)C3=C(C)[C@@H](OC(=O)[C@H](O)C(NC(=O)C4CCC4)c4ccccc4)C[C@@](O)([C@@H](OC(=O)c4ccccc4)[C@H]21)C3(C)C. The first kappa shape index (κ1) is 40.7. The fraction of sp³-hybridized carbons (Fsp3) is 0.558. The molecule has 3 saturated carbocycles. The molecule has 14 nitrogen and oxygen atoms in total. The van der Waals surface area contributed by atoms with E-state index in [1.54, 1.807) is 62.4 Å². The number of aliphatic hydroxyl groups is 4. The quantitative estimate of drug-likeness (QED) is 0.141. The monoisotopic (exact) mass is 789 g/mol. The average molecular weight is 790 g/mol. The number of carbonyl (C=O) groups excluding carboxylic acids is 5. The summed E-state index contributed by atoms with van der Waals surface area (Å²) in [5.74, 6) is -5.80. The van der Waals surface area contributed by atoms with Crippen molar-refractivity contribution >= 4 is 29.6 Å². The predicted molar refractivity (Wildman–Crippen MR) is 200 cm³/mol. The van der Waals surface area contributed by atoms with Crippen LogP contribution in [-0.2, 0) is 38.1 Å². The van der Waals surface area contributed by atoms with E-state index in [0.717, 1.165) is 6.42 Å². The van der Waals surface area contributed by atoms with Gasteiger partial charge in [-0.3, -0.25) is 14.4 Å². The van der Waals surface area contributed by atoms with Crippen LogP contribution < -0.4 is 5.32 Å². The third-order valence-electron chi connectivity index (χ3n) is 13.7. The van der Waals surface area contributed by atoms with Crippen LogP contribution in [-0.4, -0.2) is 104 Å². The first-order valence-corrected chi connectivity index (χ1v) is 19.5. The van der Waals surface area contributed by atoms with E-state index in [1.807, 2.05) is 0 Å². The van der Waals surface area contributed by atoms with Crippen molar-refractivity contribution in [2.75, 3.05) is 6.61 Å². The van der Waals surface area contributed by atoms with E-state index >= 15 is 0 Å². The number of esters is 3. The Kier molecular flexibility index (Phi) is 10.5. The van der Waals surface area contributed by atoms with Crippen molar-refractivity contribution in [3.8, 4) is 0 Å². The summed E-state index contributed by atoms with van der Waals surface area (Å²) < 4.78 is 24.2. The second-order valence-electron chi connectivity index (χ2n) is 17.1. The summed E-state index contributed by atoms with van der Waals surface area (Å²) in [4.78, 5) is 69.1. The summed E-state index contributed by atoms with van der Waals surface area (Å²) in [6.45, 7) is 6.95. The van der Waals surface area contributed by atoms with Gasteiger partial charge < -0.3 is 44.7 Å². The van der Waals surface area contributed by atoms with Crippen LogP contribution in [0.2, 0.25) is 0 Å². The number of hydrogen-bond donors (Lipinski definition) is 5. The van der Waals surface area contributed by atoms with Crippen molar-refractivity contribution in [2.24, 2.45) is 22.7 Å². The number of benzene rings is 2. The Morgan fingerprint density at radius 1 is 0.947 bits per heavy atom. The molecule has 1 aliphatic heterocycles. The molecule has 1 amide bonds. The molecule has 0 aromatic heterocycles. The number of hydrogen-bond acceptors (Lipinski definition) is 13. The van der Waals surface area contributed by atoms with Crippen LogP contribution in [0.3, 0.4) is 0 Å². The molecule has 2 aromatic rings. The van der Waals surface area contributed by atoms with Crippen molar-refractivity contribution in [3.63, 3.8) is 0 Å². The molecule has 57 heavy (non-hydrogen) atoms. The van der Waals surface area contributed by atoms with Gasteiger partial charge in [-0.2, -0.15) is 0 Å². The highest BCUT2D eigenvalue weighted by Gasteiger charge is 2.78. The lowest BCUT2D eigenvalue weighted by molar-refractivity contribution is -0.346. The van der Waals surface area contributed by atoms with Gasteiger partial charge in [0.15, 0.2) is 17.5 Å². The topological polar surface area (TPSA) is 215 Å². The van der Waals surface area contributed by atoms with Gasteiger partial charge in [-0.1, -0.05) is 68.8 Å². The van der Waals surface area contributed by atoms with E-state index in [9.17, 15) is 44.4 Å². The zero-order chi connectivity index (χ0) is 41.2. The van der Waals surface area contributed by atoms with Gasteiger partial charge in [0.1, 0.15) is 30.0 Å². The minimum absolute atomic E-state index is 0.0346. The Bertz CT molecular complexity index is 1960. The third kappa shape index (κ3) is 6.40. The van der Waals surface area contributed by atoms with Crippen LogP contribution in [0.1, 0.15) is 88.7 Å². The van der Waals surface area contributed by atoms with Crippen molar-refractivity contribution < 1.29 is 63.3 Å². The minimum Gasteiger partial charge on any atom is -0.456 e. The van der Waals surface area contributed by atoms with E-state index in [0.29, 0.717) is 18.4 Å². The lowest BCUT2D eigenvalue weighted by atomic mass is 9.44. The number of fused-ring (bicyclic) bond motifs is 5. The minimum atomic E-state index is -2.32. The largest absolute Gasteiger partial charge is 0.456 e. The molecule has 5 aliphatic rings. The summed E-state index contributed by atoms with van der Waals surface area (Å²) in [6, 6.07) is 15.1. The summed E-state index contributed by atoms with van der Waals surface area (Å²) >= 11 is 0. The van der Waals surface area contributed by atoms with Crippen LogP contribution >= 0.6 is 0 Å². The first-order chi connectivity index (χ1) is 26.9. The lowest BCUT2D eigenvalue weighted by Crippen LogP contribution is -2.81. The van der Waals surface area contributed by atoms with Gasteiger partial charge in [-0.25, -0.2) is 9.59 Å². The number of amides is 1. The molecular weight excluding hydrogens is 738 g/mol. The van der Waals surface area contributed by atoms with Crippen LogP contribution in [0.15, 0.2) is 71.8 Å².